The van der Waals surface area contributed by atoms with Gasteiger partial charge in [0.2, 0.25) is 0 Å². The Bertz CT molecular complexity index is 582. The lowest BCUT2D eigenvalue weighted by atomic mass is 10.3. The summed E-state index contributed by atoms with van der Waals surface area (Å²) in [5.41, 5.74) is -0.331. The molecule has 1 heterocycles. The van der Waals surface area contributed by atoms with Crippen molar-refractivity contribution in [2.75, 3.05) is 5.32 Å². The van der Waals surface area contributed by atoms with E-state index in [9.17, 15) is 22.0 Å². The second-order valence-corrected chi connectivity index (χ2v) is 3.63. The summed E-state index contributed by atoms with van der Waals surface area (Å²) in [7, 11) is 0. The highest BCUT2D eigenvalue weighted by Crippen LogP contribution is 2.20. The largest absolute Gasteiger partial charge is 0.375 e. The first kappa shape index (κ1) is 13.3. The summed E-state index contributed by atoms with van der Waals surface area (Å²) >= 11 is 0. The third-order valence-electron chi connectivity index (χ3n) is 2.41. The van der Waals surface area contributed by atoms with Crippen LogP contribution in [0.15, 0.2) is 24.5 Å². The number of benzene rings is 1. The smallest absolute Gasteiger partial charge is 0.319 e. The maximum Gasteiger partial charge on any atom is 0.319 e. The van der Waals surface area contributed by atoms with Crippen molar-refractivity contribution in [2.24, 2.45) is 0 Å². The van der Waals surface area contributed by atoms with Crippen molar-refractivity contribution < 1.29 is 22.0 Å². The number of hydrogen-bond donors (Lipinski definition) is 1. The van der Waals surface area contributed by atoms with Crippen LogP contribution in [0.5, 0.6) is 0 Å². The van der Waals surface area contributed by atoms with Crippen LogP contribution in [0.4, 0.5) is 27.6 Å². The molecule has 19 heavy (non-hydrogen) atoms. The minimum Gasteiger partial charge on any atom is -0.375 e. The van der Waals surface area contributed by atoms with Crippen LogP contribution in [0.1, 0.15) is 12.4 Å². The zero-order valence-corrected chi connectivity index (χ0v) is 9.38. The first-order valence-electron chi connectivity index (χ1n) is 5.17. The lowest BCUT2D eigenvalue weighted by molar-refractivity contribution is 0.0673. The molecular formula is C11H8F5N3. The highest BCUT2D eigenvalue weighted by molar-refractivity contribution is 5.45. The van der Waals surface area contributed by atoms with Crippen LogP contribution >= 0.6 is 0 Å². The Hall–Kier alpha value is -2.12. The Balaban J connectivity index is 2.15. The van der Waals surface area contributed by atoms with E-state index in [2.05, 4.69) is 10.3 Å². The lowest BCUT2D eigenvalue weighted by Crippen LogP contribution is -2.10. The van der Waals surface area contributed by atoms with Gasteiger partial charge in [-0.2, -0.15) is 8.78 Å². The molecule has 3 nitrogen and oxygen atoms in total. The molecule has 0 aliphatic heterocycles. The molecule has 0 saturated carbocycles. The van der Waals surface area contributed by atoms with Gasteiger partial charge in [0.25, 0.3) is 0 Å². The number of rotatable bonds is 4. The SMILES string of the molecule is Fc1cc(F)c(NCc2nccn2C(F)F)cc1F. The lowest BCUT2D eigenvalue weighted by Gasteiger charge is -2.09. The summed E-state index contributed by atoms with van der Waals surface area (Å²) in [6.45, 7) is -3.03. The number of anilines is 1. The predicted octanol–water partition coefficient (Wildman–Crippen LogP) is 3.31. The predicted molar refractivity (Wildman–Crippen MR) is 57.1 cm³/mol. The monoisotopic (exact) mass is 277 g/mol. The van der Waals surface area contributed by atoms with Gasteiger partial charge in [0.1, 0.15) is 11.6 Å². The number of halogens is 5. The molecule has 0 aliphatic rings. The highest BCUT2D eigenvalue weighted by Gasteiger charge is 2.13. The van der Waals surface area contributed by atoms with Crippen molar-refractivity contribution in [2.45, 2.75) is 13.1 Å². The highest BCUT2D eigenvalue weighted by atomic mass is 19.3. The van der Waals surface area contributed by atoms with E-state index >= 15 is 0 Å². The van der Waals surface area contributed by atoms with Gasteiger partial charge in [-0.1, -0.05) is 0 Å². The van der Waals surface area contributed by atoms with E-state index < -0.39 is 24.0 Å². The molecule has 8 heteroatoms. The first-order chi connectivity index (χ1) is 8.99. The molecule has 0 fully saturated rings. The molecule has 2 rings (SSSR count). The number of hydrogen-bond acceptors (Lipinski definition) is 2. The van der Waals surface area contributed by atoms with E-state index in [0.717, 1.165) is 12.4 Å². The van der Waals surface area contributed by atoms with Gasteiger partial charge >= 0.3 is 6.55 Å². The van der Waals surface area contributed by atoms with Crippen molar-refractivity contribution in [3.63, 3.8) is 0 Å². The summed E-state index contributed by atoms with van der Waals surface area (Å²) in [5.74, 6) is -3.63. The van der Waals surface area contributed by atoms with Crippen LogP contribution in [0, 0.1) is 17.5 Å². The van der Waals surface area contributed by atoms with Gasteiger partial charge in [-0.25, -0.2) is 18.2 Å². The van der Waals surface area contributed by atoms with Gasteiger partial charge in [0.15, 0.2) is 11.6 Å². The van der Waals surface area contributed by atoms with E-state index in [0.29, 0.717) is 16.7 Å². The van der Waals surface area contributed by atoms with E-state index in [1.165, 1.54) is 0 Å². The summed E-state index contributed by atoms with van der Waals surface area (Å²) < 4.78 is 64.4. The molecule has 1 aromatic heterocycles. The van der Waals surface area contributed by atoms with E-state index in [4.69, 9.17) is 0 Å². The van der Waals surface area contributed by atoms with E-state index in [1.807, 2.05) is 0 Å². The van der Waals surface area contributed by atoms with Crippen LogP contribution in [0.3, 0.4) is 0 Å². The summed E-state index contributed by atoms with van der Waals surface area (Å²) in [6, 6.07) is 0.984. The number of alkyl halides is 2. The molecular weight excluding hydrogens is 269 g/mol. The average molecular weight is 277 g/mol. The third kappa shape index (κ3) is 2.83. The topological polar surface area (TPSA) is 29.9 Å². The van der Waals surface area contributed by atoms with Crippen LogP contribution in [-0.4, -0.2) is 9.55 Å². The molecule has 0 atom stereocenters. The number of aromatic nitrogens is 2. The van der Waals surface area contributed by atoms with Crippen molar-refractivity contribution in [1.29, 1.82) is 0 Å². The second-order valence-electron chi connectivity index (χ2n) is 3.63. The van der Waals surface area contributed by atoms with Crippen molar-refractivity contribution in [3.8, 4) is 0 Å². The zero-order valence-electron chi connectivity index (χ0n) is 9.38. The summed E-state index contributed by atoms with van der Waals surface area (Å²) in [5, 5.41) is 2.38. The van der Waals surface area contributed by atoms with Crippen LogP contribution in [0.2, 0.25) is 0 Å². The standard InChI is InChI=1S/C11H8F5N3/c12-6-3-8(14)9(4-7(6)13)18-5-10-17-1-2-19(10)11(15)16/h1-4,11,18H,5H2. The third-order valence-corrected chi connectivity index (χ3v) is 2.41. The van der Waals surface area contributed by atoms with E-state index in [-0.39, 0.29) is 18.1 Å². The maximum atomic E-state index is 13.3. The minimum atomic E-state index is -2.78. The van der Waals surface area contributed by atoms with Gasteiger partial charge in [-0.15, -0.1) is 0 Å². The fraction of sp³-hybridized carbons (Fsp3) is 0.182. The van der Waals surface area contributed by atoms with Gasteiger partial charge in [-0.05, 0) is 0 Å². The van der Waals surface area contributed by atoms with Gasteiger partial charge in [-0.3, -0.25) is 4.57 Å². The molecule has 1 N–H and O–H groups in total. The molecule has 0 amide bonds. The Kier molecular flexibility index (Phi) is 3.68. The Morgan fingerprint density at radius 3 is 2.47 bits per heavy atom. The molecule has 1 aromatic carbocycles. The Morgan fingerprint density at radius 2 is 1.79 bits per heavy atom. The molecule has 0 bridgehead atoms. The molecule has 102 valence electrons. The molecule has 0 unspecified atom stereocenters. The quantitative estimate of drug-likeness (QED) is 0.686. The van der Waals surface area contributed by atoms with Crippen molar-refractivity contribution in [3.05, 3.63) is 47.8 Å². The van der Waals surface area contributed by atoms with Crippen LogP contribution in [-0.2, 0) is 6.54 Å². The summed E-state index contributed by atoms with van der Waals surface area (Å²) in [6.07, 6.45) is 2.22. The maximum absolute atomic E-state index is 13.3. The molecule has 0 radical (unpaired) electrons. The Morgan fingerprint density at radius 1 is 1.11 bits per heavy atom. The van der Waals surface area contributed by atoms with Gasteiger partial charge < -0.3 is 5.32 Å². The summed E-state index contributed by atoms with van der Waals surface area (Å²) in [4.78, 5) is 3.65. The van der Waals surface area contributed by atoms with Crippen molar-refractivity contribution >= 4 is 5.69 Å². The average Bonchev–Trinajstić information content (AvgIpc) is 2.80. The van der Waals surface area contributed by atoms with Crippen LogP contribution < -0.4 is 5.32 Å². The first-order valence-corrected chi connectivity index (χ1v) is 5.17. The number of nitrogens with one attached hydrogen (secondary N) is 1. The number of imidazole rings is 1. The molecule has 0 saturated heterocycles. The van der Waals surface area contributed by atoms with Crippen LogP contribution in [0.25, 0.3) is 0 Å². The van der Waals surface area contributed by atoms with Gasteiger partial charge in [0.05, 0.1) is 12.2 Å². The molecule has 2 aromatic rings. The Labute approximate surface area is 104 Å². The van der Waals surface area contributed by atoms with Gasteiger partial charge in [0, 0.05) is 24.5 Å². The fourth-order valence-corrected chi connectivity index (χ4v) is 1.49. The normalized spacial score (nSPS) is 11.1. The van der Waals surface area contributed by atoms with Crippen molar-refractivity contribution in [1.82, 2.24) is 9.55 Å². The fourth-order valence-electron chi connectivity index (χ4n) is 1.49. The minimum absolute atomic E-state index is 0.0564. The second kappa shape index (κ2) is 5.25. The molecule has 0 spiro atoms. The van der Waals surface area contributed by atoms with E-state index in [1.54, 1.807) is 0 Å². The molecule has 0 aliphatic carbocycles. The zero-order chi connectivity index (χ0) is 14.0. The number of nitrogens with zero attached hydrogens (tertiary/aromatic N) is 2.